The van der Waals surface area contributed by atoms with Gasteiger partial charge in [0.15, 0.2) is 0 Å². The molecule has 0 amide bonds. The third-order valence-corrected chi connectivity index (χ3v) is 3.54. The minimum absolute atomic E-state index is 0.182. The molecule has 0 bridgehead atoms. The largest absolute Gasteiger partial charge is 0.323 e. The Balaban J connectivity index is 2.71. The van der Waals surface area contributed by atoms with Gasteiger partial charge in [0, 0.05) is 17.1 Å². The lowest BCUT2D eigenvalue weighted by atomic mass is 9.94. The average Bonchev–Trinajstić information content (AvgIpc) is 2.54. The topological polar surface area (TPSA) is 38.9 Å². The zero-order valence-corrected chi connectivity index (χ0v) is 9.40. The molecule has 0 saturated heterocycles. The Kier molecular flexibility index (Phi) is 3.88. The van der Waals surface area contributed by atoms with Gasteiger partial charge < -0.3 is 5.73 Å². The molecule has 0 spiro atoms. The van der Waals surface area contributed by atoms with Gasteiger partial charge in [0.1, 0.15) is 0 Å². The third-order valence-electron chi connectivity index (χ3n) is 2.52. The van der Waals surface area contributed by atoms with Crippen LogP contribution in [0.25, 0.3) is 0 Å². The number of aromatic nitrogens is 1. The fourth-order valence-electron chi connectivity index (χ4n) is 1.56. The minimum Gasteiger partial charge on any atom is -0.323 e. The molecule has 1 unspecified atom stereocenters. The average molecular weight is 198 g/mol. The summed E-state index contributed by atoms with van der Waals surface area (Å²) in [6.45, 7) is 6.41. The first kappa shape index (κ1) is 10.7. The summed E-state index contributed by atoms with van der Waals surface area (Å²) in [4.78, 5) is 5.46. The molecule has 0 aliphatic heterocycles. The van der Waals surface area contributed by atoms with E-state index in [0.717, 1.165) is 17.8 Å². The highest BCUT2D eigenvalue weighted by Crippen LogP contribution is 2.28. The molecule has 0 aliphatic carbocycles. The molecule has 1 atom stereocenters. The zero-order valence-electron chi connectivity index (χ0n) is 8.58. The quantitative estimate of drug-likeness (QED) is 0.808. The van der Waals surface area contributed by atoms with Crippen molar-refractivity contribution in [3.63, 3.8) is 0 Å². The molecule has 0 fully saturated rings. The standard InChI is InChI=1S/C10H18N2S/c1-4-8(5-2)10(11)9-6-12-7(3)13-9/h6,8,10H,4-5,11H2,1-3H3. The van der Waals surface area contributed by atoms with Crippen LogP contribution in [0.15, 0.2) is 6.20 Å². The van der Waals surface area contributed by atoms with Crippen molar-refractivity contribution >= 4 is 11.3 Å². The van der Waals surface area contributed by atoms with Gasteiger partial charge in [0.2, 0.25) is 0 Å². The van der Waals surface area contributed by atoms with E-state index in [1.54, 1.807) is 11.3 Å². The van der Waals surface area contributed by atoms with Gasteiger partial charge in [-0.2, -0.15) is 0 Å². The number of nitrogens with two attached hydrogens (primary N) is 1. The minimum atomic E-state index is 0.182. The lowest BCUT2D eigenvalue weighted by Gasteiger charge is -2.19. The van der Waals surface area contributed by atoms with E-state index in [9.17, 15) is 0 Å². The fraction of sp³-hybridized carbons (Fsp3) is 0.700. The summed E-state index contributed by atoms with van der Waals surface area (Å²) in [5.74, 6) is 0.597. The maximum Gasteiger partial charge on any atom is 0.0897 e. The Morgan fingerprint density at radius 2 is 2.08 bits per heavy atom. The third kappa shape index (κ3) is 2.51. The van der Waals surface area contributed by atoms with Gasteiger partial charge in [-0.1, -0.05) is 26.7 Å². The van der Waals surface area contributed by atoms with Crippen LogP contribution in [0.2, 0.25) is 0 Å². The second-order valence-electron chi connectivity index (χ2n) is 3.38. The van der Waals surface area contributed by atoms with E-state index >= 15 is 0 Å². The number of aryl methyl sites for hydroxylation is 1. The van der Waals surface area contributed by atoms with Crippen LogP contribution in [-0.2, 0) is 0 Å². The Labute approximate surface area is 84.2 Å². The maximum absolute atomic E-state index is 6.14. The molecule has 1 heterocycles. The van der Waals surface area contributed by atoms with Crippen LogP contribution in [0.1, 0.15) is 42.6 Å². The first-order valence-corrected chi connectivity index (χ1v) is 5.68. The van der Waals surface area contributed by atoms with Crippen LogP contribution in [0.4, 0.5) is 0 Å². The highest BCUT2D eigenvalue weighted by Gasteiger charge is 2.17. The van der Waals surface area contributed by atoms with Crippen molar-refractivity contribution in [1.82, 2.24) is 4.98 Å². The van der Waals surface area contributed by atoms with E-state index in [4.69, 9.17) is 5.73 Å². The Hall–Kier alpha value is -0.410. The van der Waals surface area contributed by atoms with Crippen LogP contribution < -0.4 is 5.73 Å². The van der Waals surface area contributed by atoms with Crippen LogP contribution in [-0.4, -0.2) is 4.98 Å². The van der Waals surface area contributed by atoms with Crippen molar-refractivity contribution in [3.8, 4) is 0 Å². The van der Waals surface area contributed by atoms with Crippen LogP contribution in [0, 0.1) is 12.8 Å². The van der Waals surface area contributed by atoms with Crippen molar-refractivity contribution in [2.24, 2.45) is 11.7 Å². The van der Waals surface area contributed by atoms with Gasteiger partial charge >= 0.3 is 0 Å². The first-order valence-electron chi connectivity index (χ1n) is 4.86. The van der Waals surface area contributed by atoms with E-state index in [-0.39, 0.29) is 6.04 Å². The molecule has 2 nitrogen and oxygen atoms in total. The summed E-state index contributed by atoms with van der Waals surface area (Å²) in [6.07, 6.45) is 4.21. The maximum atomic E-state index is 6.14. The van der Waals surface area contributed by atoms with Crippen molar-refractivity contribution in [2.45, 2.75) is 39.7 Å². The van der Waals surface area contributed by atoms with Gasteiger partial charge in [0.05, 0.1) is 5.01 Å². The normalized spacial score (nSPS) is 13.6. The molecule has 0 aromatic carbocycles. The number of thiazole rings is 1. The predicted octanol–water partition coefficient (Wildman–Crippen LogP) is 2.89. The summed E-state index contributed by atoms with van der Waals surface area (Å²) in [6, 6.07) is 0.182. The van der Waals surface area contributed by atoms with Gasteiger partial charge in [-0.05, 0) is 12.8 Å². The zero-order chi connectivity index (χ0) is 9.84. The Morgan fingerprint density at radius 1 is 1.46 bits per heavy atom. The predicted molar refractivity (Wildman–Crippen MR) is 57.9 cm³/mol. The molecule has 1 rings (SSSR count). The Morgan fingerprint density at radius 3 is 2.46 bits per heavy atom. The van der Waals surface area contributed by atoms with Gasteiger partial charge in [-0.25, -0.2) is 4.98 Å². The monoisotopic (exact) mass is 198 g/mol. The van der Waals surface area contributed by atoms with Gasteiger partial charge in [-0.3, -0.25) is 0 Å². The van der Waals surface area contributed by atoms with Crippen LogP contribution >= 0.6 is 11.3 Å². The van der Waals surface area contributed by atoms with Crippen molar-refractivity contribution < 1.29 is 0 Å². The van der Waals surface area contributed by atoms with E-state index in [0.29, 0.717) is 5.92 Å². The fourth-order valence-corrected chi connectivity index (χ4v) is 2.44. The molecule has 0 radical (unpaired) electrons. The van der Waals surface area contributed by atoms with Gasteiger partial charge in [0.25, 0.3) is 0 Å². The smallest absolute Gasteiger partial charge is 0.0897 e. The van der Waals surface area contributed by atoms with E-state index < -0.39 is 0 Å². The number of nitrogens with zero attached hydrogens (tertiary/aromatic N) is 1. The van der Waals surface area contributed by atoms with E-state index in [1.165, 1.54) is 4.88 Å². The summed E-state index contributed by atoms with van der Waals surface area (Å²) in [7, 11) is 0. The number of rotatable bonds is 4. The number of hydrogen-bond acceptors (Lipinski definition) is 3. The summed E-state index contributed by atoms with van der Waals surface area (Å²) < 4.78 is 0. The van der Waals surface area contributed by atoms with Crippen LogP contribution in [0.5, 0.6) is 0 Å². The molecule has 0 aliphatic rings. The lowest BCUT2D eigenvalue weighted by molar-refractivity contribution is 0.409. The molecular weight excluding hydrogens is 180 g/mol. The molecule has 1 aromatic rings. The van der Waals surface area contributed by atoms with E-state index in [1.807, 2.05) is 13.1 Å². The highest BCUT2D eigenvalue weighted by molar-refractivity contribution is 7.11. The summed E-state index contributed by atoms with van der Waals surface area (Å²) in [5, 5.41) is 1.11. The highest BCUT2D eigenvalue weighted by atomic mass is 32.1. The summed E-state index contributed by atoms with van der Waals surface area (Å²) in [5.41, 5.74) is 6.14. The second kappa shape index (κ2) is 4.72. The molecular formula is C10H18N2S. The lowest BCUT2D eigenvalue weighted by Crippen LogP contribution is -2.19. The van der Waals surface area contributed by atoms with Crippen molar-refractivity contribution in [3.05, 3.63) is 16.1 Å². The summed E-state index contributed by atoms with van der Waals surface area (Å²) >= 11 is 1.72. The van der Waals surface area contributed by atoms with Gasteiger partial charge in [-0.15, -0.1) is 11.3 Å². The molecule has 2 N–H and O–H groups in total. The first-order chi connectivity index (χ1) is 6.19. The van der Waals surface area contributed by atoms with E-state index in [2.05, 4.69) is 18.8 Å². The second-order valence-corrected chi connectivity index (χ2v) is 4.65. The van der Waals surface area contributed by atoms with Crippen molar-refractivity contribution in [1.29, 1.82) is 0 Å². The molecule has 0 saturated carbocycles. The molecule has 1 aromatic heterocycles. The molecule has 13 heavy (non-hydrogen) atoms. The molecule has 74 valence electrons. The van der Waals surface area contributed by atoms with Crippen molar-refractivity contribution in [2.75, 3.05) is 0 Å². The SMILES string of the molecule is CCC(CC)C(N)c1cnc(C)s1. The van der Waals surface area contributed by atoms with Crippen LogP contribution in [0.3, 0.4) is 0 Å². The Bertz CT molecular complexity index is 253. The number of hydrogen-bond donors (Lipinski definition) is 1. The molecule has 3 heteroatoms.